The van der Waals surface area contributed by atoms with E-state index < -0.39 is 23.5 Å². The van der Waals surface area contributed by atoms with E-state index in [2.05, 4.69) is 0 Å². The van der Waals surface area contributed by atoms with Crippen molar-refractivity contribution in [1.29, 1.82) is 0 Å². The van der Waals surface area contributed by atoms with Crippen LogP contribution in [-0.4, -0.2) is 17.5 Å². The molecule has 1 aliphatic rings. The van der Waals surface area contributed by atoms with Crippen LogP contribution in [0.2, 0.25) is 5.02 Å². The first-order valence-electron chi connectivity index (χ1n) is 8.11. The Hall–Kier alpha value is -3.18. The normalized spacial score (nSPS) is 16.8. The molecule has 0 unspecified atom stereocenters. The second kappa shape index (κ2) is 8.01. The molecule has 0 N–H and O–H groups in total. The highest BCUT2D eigenvalue weighted by Gasteiger charge is 2.36. The summed E-state index contributed by atoms with van der Waals surface area (Å²) in [7, 11) is 0. The Labute approximate surface area is 160 Å². The van der Waals surface area contributed by atoms with E-state index in [4.69, 9.17) is 21.1 Å². The first-order chi connectivity index (χ1) is 12.9. The maximum atomic E-state index is 12.2. The van der Waals surface area contributed by atoms with Gasteiger partial charge in [0.2, 0.25) is 0 Å². The third-order valence-electron chi connectivity index (χ3n) is 3.76. The maximum absolute atomic E-state index is 12.2. The molecule has 0 spiro atoms. The molecule has 0 saturated heterocycles. The smallest absolute Gasteiger partial charge is 0.329 e. The Morgan fingerprint density at radius 2 is 1.85 bits per heavy atom. The lowest BCUT2D eigenvalue weighted by atomic mass is 9.96. The lowest BCUT2D eigenvalue weighted by molar-refractivity contribution is -0.151. The van der Waals surface area contributed by atoms with E-state index in [1.165, 1.54) is 19.1 Å². The number of hydrogen-bond donors (Lipinski definition) is 0. The molecule has 3 rings (SSSR count). The average molecular weight is 383 g/mol. The number of esters is 1. The van der Waals surface area contributed by atoms with Gasteiger partial charge in [-0.25, -0.2) is 0 Å². The first-order valence-corrected chi connectivity index (χ1v) is 8.49. The molecule has 27 heavy (non-hydrogen) atoms. The number of ketones is 2. The molecule has 2 aromatic rings. The molecule has 0 radical (unpaired) electrons. The summed E-state index contributed by atoms with van der Waals surface area (Å²) in [4.78, 5) is 35.9. The summed E-state index contributed by atoms with van der Waals surface area (Å²) >= 11 is 5.85. The Morgan fingerprint density at radius 3 is 2.56 bits per heavy atom. The maximum Gasteiger partial charge on any atom is 0.329 e. The Bertz CT molecular complexity index is 957. The van der Waals surface area contributed by atoms with Crippen LogP contribution in [0.25, 0.3) is 6.08 Å². The summed E-state index contributed by atoms with van der Waals surface area (Å²) in [6, 6.07) is 13.9. The van der Waals surface area contributed by atoms with E-state index in [1.807, 2.05) is 0 Å². The number of halogens is 1. The van der Waals surface area contributed by atoms with Gasteiger partial charge in [-0.1, -0.05) is 29.8 Å². The van der Waals surface area contributed by atoms with Gasteiger partial charge in [0.15, 0.2) is 17.5 Å². The molecule has 0 bridgehead atoms. The van der Waals surface area contributed by atoms with Crippen LogP contribution in [0, 0.1) is 5.92 Å². The molecule has 1 heterocycles. The number of allylic oxidation sites excluding steroid dienone is 3. The van der Waals surface area contributed by atoms with Gasteiger partial charge in [-0.3, -0.25) is 14.4 Å². The third-order valence-corrected chi connectivity index (χ3v) is 4.01. The fraction of sp³-hybridized carbons (Fsp3) is 0.0952. The summed E-state index contributed by atoms with van der Waals surface area (Å²) in [5, 5.41) is 0.610. The molecule has 2 aromatic carbocycles. The zero-order valence-electron chi connectivity index (χ0n) is 14.3. The molecular weight excluding hydrogens is 368 g/mol. The van der Waals surface area contributed by atoms with Crippen LogP contribution in [0.5, 0.6) is 11.5 Å². The van der Waals surface area contributed by atoms with E-state index in [0.29, 0.717) is 22.1 Å². The van der Waals surface area contributed by atoms with Crippen molar-refractivity contribution in [3.8, 4) is 11.5 Å². The molecular formula is C21H15ClO5. The minimum Gasteiger partial charge on any atom is -0.457 e. The van der Waals surface area contributed by atoms with Gasteiger partial charge in [-0.05, 0) is 55.0 Å². The van der Waals surface area contributed by atoms with Crippen molar-refractivity contribution < 1.29 is 23.9 Å². The van der Waals surface area contributed by atoms with Gasteiger partial charge in [0, 0.05) is 11.1 Å². The highest BCUT2D eigenvalue weighted by Crippen LogP contribution is 2.24. The van der Waals surface area contributed by atoms with Crippen LogP contribution in [-0.2, 0) is 19.1 Å². The minimum atomic E-state index is -1.45. The predicted molar refractivity (Wildman–Crippen MR) is 100 cm³/mol. The van der Waals surface area contributed by atoms with Crippen LogP contribution in [0.3, 0.4) is 0 Å². The van der Waals surface area contributed by atoms with E-state index in [9.17, 15) is 14.4 Å². The van der Waals surface area contributed by atoms with Crippen molar-refractivity contribution in [3.63, 3.8) is 0 Å². The van der Waals surface area contributed by atoms with E-state index in [0.717, 1.165) is 6.08 Å². The Morgan fingerprint density at radius 1 is 1.11 bits per heavy atom. The number of carbonyl (C=O) groups is 3. The fourth-order valence-electron chi connectivity index (χ4n) is 2.50. The molecule has 0 fully saturated rings. The standard InChI is InChI=1S/C21H15ClO5/c1-13-11-19(24)20(21(25)26-13)18(23)10-5-14-3-2-4-17(12-14)27-16-8-6-15(22)7-9-16/h2-12,20H,1H3/b10-5+/t20-/m0/s1. The summed E-state index contributed by atoms with van der Waals surface area (Å²) in [5.74, 6) is -2.12. The lowest BCUT2D eigenvalue weighted by Crippen LogP contribution is -2.34. The summed E-state index contributed by atoms with van der Waals surface area (Å²) < 4.78 is 10.6. The fourth-order valence-corrected chi connectivity index (χ4v) is 2.62. The van der Waals surface area contributed by atoms with Gasteiger partial charge in [-0.15, -0.1) is 0 Å². The second-order valence-electron chi connectivity index (χ2n) is 5.88. The van der Waals surface area contributed by atoms with Crippen molar-refractivity contribution in [1.82, 2.24) is 0 Å². The Kier molecular flexibility index (Phi) is 5.52. The predicted octanol–water partition coefficient (Wildman–Crippen LogP) is 4.36. The topological polar surface area (TPSA) is 69.7 Å². The van der Waals surface area contributed by atoms with Crippen LogP contribution in [0.15, 0.2) is 66.4 Å². The monoisotopic (exact) mass is 382 g/mol. The molecule has 1 atom stereocenters. The number of cyclic esters (lactones) is 1. The molecule has 136 valence electrons. The highest BCUT2D eigenvalue weighted by molar-refractivity contribution is 6.30. The Balaban J connectivity index is 1.72. The number of carbonyl (C=O) groups excluding carboxylic acids is 3. The largest absolute Gasteiger partial charge is 0.457 e. The zero-order valence-corrected chi connectivity index (χ0v) is 15.1. The number of hydrogen-bond acceptors (Lipinski definition) is 5. The van der Waals surface area contributed by atoms with Crippen molar-refractivity contribution in [2.24, 2.45) is 5.92 Å². The van der Waals surface area contributed by atoms with Crippen LogP contribution in [0.4, 0.5) is 0 Å². The minimum absolute atomic E-state index is 0.185. The van der Waals surface area contributed by atoms with Crippen molar-refractivity contribution in [2.75, 3.05) is 0 Å². The summed E-state index contributed by atoms with van der Waals surface area (Å²) in [6.45, 7) is 1.48. The lowest BCUT2D eigenvalue weighted by Gasteiger charge is -2.15. The van der Waals surface area contributed by atoms with Gasteiger partial charge >= 0.3 is 5.97 Å². The first kappa shape index (κ1) is 18.6. The van der Waals surface area contributed by atoms with Crippen molar-refractivity contribution >= 4 is 35.2 Å². The second-order valence-corrected chi connectivity index (χ2v) is 6.31. The highest BCUT2D eigenvalue weighted by atomic mass is 35.5. The summed E-state index contributed by atoms with van der Waals surface area (Å²) in [5.41, 5.74) is 0.679. The van der Waals surface area contributed by atoms with Gasteiger partial charge in [0.05, 0.1) is 0 Å². The molecule has 0 aliphatic carbocycles. The van der Waals surface area contributed by atoms with E-state index in [1.54, 1.807) is 48.5 Å². The molecule has 5 nitrogen and oxygen atoms in total. The van der Waals surface area contributed by atoms with Crippen LogP contribution < -0.4 is 4.74 Å². The zero-order chi connectivity index (χ0) is 19.4. The molecule has 6 heteroatoms. The molecule has 0 saturated carbocycles. The van der Waals surface area contributed by atoms with Gasteiger partial charge < -0.3 is 9.47 Å². The van der Waals surface area contributed by atoms with Crippen LogP contribution >= 0.6 is 11.6 Å². The molecule has 1 aliphatic heterocycles. The summed E-state index contributed by atoms with van der Waals surface area (Å²) in [6.07, 6.45) is 3.86. The van der Waals surface area contributed by atoms with Gasteiger partial charge in [0.1, 0.15) is 17.3 Å². The van der Waals surface area contributed by atoms with Crippen molar-refractivity contribution in [3.05, 3.63) is 77.0 Å². The molecule has 0 amide bonds. The number of ether oxygens (including phenoxy) is 2. The quantitative estimate of drug-likeness (QED) is 0.436. The van der Waals surface area contributed by atoms with Crippen LogP contribution in [0.1, 0.15) is 12.5 Å². The van der Waals surface area contributed by atoms with Crippen molar-refractivity contribution in [2.45, 2.75) is 6.92 Å². The van der Waals surface area contributed by atoms with Gasteiger partial charge in [-0.2, -0.15) is 0 Å². The molecule has 0 aromatic heterocycles. The van der Waals surface area contributed by atoms with E-state index >= 15 is 0 Å². The SMILES string of the molecule is CC1=CC(=O)[C@H](C(=O)/C=C/c2cccc(Oc3ccc(Cl)cc3)c2)C(=O)O1. The van der Waals surface area contributed by atoms with Gasteiger partial charge in [0.25, 0.3) is 0 Å². The third kappa shape index (κ3) is 4.71. The van der Waals surface area contributed by atoms with E-state index in [-0.39, 0.29) is 5.76 Å². The average Bonchev–Trinajstić information content (AvgIpc) is 2.61. The number of benzene rings is 2. The number of rotatable bonds is 5.